The smallest absolute Gasteiger partial charge is 0.170 e. The maximum Gasteiger partial charge on any atom is 0.170 e. The molecule has 0 aromatic heterocycles. The average Bonchev–Trinajstić information content (AvgIpc) is 2.27. The highest BCUT2D eigenvalue weighted by Gasteiger charge is 2.04. The highest BCUT2D eigenvalue weighted by molar-refractivity contribution is 5.97. The van der Waals surface area contributed by atoms with E-state index in [1.54, 1.807) is 12.1 Å². The van der Waals surface area contributed by atoms with Gasteiger partial charge in [-0.1, -0.05) is 11.2 Å². The van der Waals surface area contributed by atoms with E-state index < -0.39 is 5.82 Å². The Bertz CT molecular complexity index is 404. The molecule has 0 aliphatic heterocycles. The molecule has 0 aliphatic carbocycles. The van der Waals surface area contributed by atoms with E-state index in [9.17, 15) is 4.39 Å². The molecule has 0 unspecified atom stereocenters. The highest BCUT2D eigenvalue weighted by atomic mass is 19.1. The minimum Gasteiger partial charge on any atom is -0.409 e. The van der Waals surface area contributed by atoms with Crippen LogP contribution in [0.15, 0.2) is 36.0 Å². The number of hydrogen-bond acceptors (Lipinski definition) is 3. The van der Waals surface area contributed by atoms with Crippen LogP contribution in [-0.4, -0.2) is 17.6 Å². The Kier molecular flexibility index (Phi) is 4.47. The molecule has 86 valence electrons. The highest BCUT2D eigenvalue weighted by Crippen LogP contribution is 2.09. The Hall–Kier alpha value is -1.88. The fraction of sp³-hybridized carbons (Fsp3) is 0.182. The summed E-state index contributed by atoms with van der Waals surface area (Å²) in [5.41, 5.74) is 6.47. The molecule has 5 heteroatoms. The predicted octanol–water partition coefficient (Wildman–Crippen LogP) is 1.20. The van der Waals surface area contributed by atoms with Crippen molar-refractivity contribution in [3.05, 3.63) is 47.8 Å². The van der Waals surface area contributed by atoms with Gasteiger partial charge >= 0.3 is 0 Å². The topological polar surface area (TPSA) is 70.6 Å². The van der Waals surface area contributed by atoms with E-state index in [1.165, 1.54) is 12.1 Å². The Morgan fingerprint density at radius 3 is 2.94 bits per heavy atom. The molecule has 0 heterocycles. The molecule has 0 saturated carbocycles. The van der Waals surface area contributed by atoms with Crippen LogP contribution >= 0.6 is 0 Å². The van der Waals surface area contributed by atoms with Gasteiger partial charge in [0, 0.05) is 18.7 Å². The van der Waals surface area contributed by atoms with Crippen molar-refractivity contribution in [1.82, 2.24) is 5.32 Å². The van der Waals surface area contributed by atoms with Crippen LogP contribution in [0.4, 0.5) is 4.39 Å². The van der Waals surface area contributed by atoms with Gasteiger partial charge in [0.15, 0.2) is 5.84 Å². The number of nitrogens with two attached hydrogens (primary N) is 1. The van der Waals surface area contributed by atoms with Gasteiger partial charge in [-0.2, -0.15) is 0 Å². The Balaban J connectivity index is 2.85. The predicted molar refractivity (Wildman–Crippen MR) is 60.8 cm³/mol. The molecule has 4 nitrogen and oxygen atoms in total. The Morgan fingerprint density at radius 1 is 1.56 bits per heavy atom. The second-order valence-corrected chi connectivity index (χ2v) is 3.25. The molecule has 4 N–H and O–H groups in total. The molecular formula is C11H14FN3O. The Morgan fingerprint density at radius 2 is 2.31 bits per heavy atom. The minimum atomic E-state index is -0.417. The van der Waals surface area contributed by atoms with Crippen molar-refractivity contribution in [2.75, 3.05) is 6.54 Å². The van der Waals surface area contributed by atoms with Crippen molar-refractivity contribution >= 4 is 5.84 Å². The lowest BCUT2D eigenvalue weighted by Crippen LogP contribution is -2.16. The average molecular weight is 223 g/mol. The molecular weight excluding hydrogens is 209 g/mol. The van der Waals surface area contributed by atoms with Gasteiger partial charge in [-0.05, 0) is 23.8 Å². The standard InChI is InChI=1S/C11H14FN3O/c1-2-3-14-7-8-4-9(11(13)15-16)6-10(12)5-8/h2,4-6,14,16H,1,3,7H2,(H2,13,15). The van der Waals surface area contributed by atoms with Crippen molar-refractivity contribution in [2.45, 2.75) is 6.54 Å². The number of amidine groups is 1. The van der Waals surface area contributed by atoms with E-state index in [0.29, 0.717) is 18.7 Å². The zero-order valence-corrected chi connectivity index (χ0v) is 8.78. The fourth-order valence-corrected chi connectivity index (χ4v) is 1.28. The minimum absolute atomic E-state index is 0.107. The van der Waals surface area contributed by atoms with Crippen molar-refractivity contribution in [3.63, 3.8) is 0 Å². The number of oxime groups is 1. The summed E-state index contributed by atoms with van der Waals surface area (Å²) >= 11 is 0. The number of nitrogens with one attached hydrogen (secondary N) is 1. The zero-order chi connectivity index (χ0) is 12.0. The van der Waals surface area contributed by atoms with Crippen LogP contribution in [0.2, 0.25) is 0 Å². The number of rotatable bonds is 5. The van der Waals surface area contributed by atoms with Crippen molar-refractivity contribution < 1.29 is 9.60 Å². The van der Waals surface area contributed by atoms with E-state index in [4.69, 9.17) is 10.9 Å². The number of halogens is 1. The molecule has 1 aromatic rings. The molecule has 0 saturated heterocycles. The van der Waals surface area contributed by atoms with Gasteiger partial charge in [0.25, 0.3) is 0 Å². The maximum atomic E-state index is 13.2. The molecule has 0 spiro atoms. The number of benzene rings is 1. The van der Waals surface area contributed by atoms with Crippen LogP contribution in [0.25, 0.3) is 0 Å². The van der Waals surface area contributed by atoms with Gasteiger partial charge in [0.05, 0.1) is 0 Å². The van der Waals surface area contributed by atoms with Crippen LogP contribution in [0, 0.1) is 5.82 Å². The lowest BCUT2D eigenvalue weighted by Gasteiger charge is -2.05. The SMILES string of the molecule is C=CCNCc1cc(F)cc(/C(N)=N\O)c1. The van der Waals surface area contributed by atoms with Crippen LogP contribution in [0.5, 0.6) is 0 Å². The first kappa shape index (κ1) is 12.2. The van der Waals surface area contributed by atoms with Crippen LogP contribution in [0.3, 0.4) is 0 Å². The molecule has 1 rings (SSSR count). The first-order valence-electron chi connectivity index (χ1n) is 4.76. The second kappa shape index (κ2) is 5.87. The first-order valence-corrected chi connectivity index (χ1v) is 4.76. The third-order valence-corrected chi connectivity index (χ3v) is 1.98. The summed E-state index contributed by atoms with van der Waals surface area (Å²) in [5.74, 6) is -0.524. The quantitative estimate of drug-likeness (QED) is 0.175. The van der Waals surface area contributed by atoms with E-state index >= 15 is 0 Å². The van der Waals surface area contributed by atoms with Gasteiger partial charge in [-0.25, -0.2) is 4.39 Å². The van der Waals surface area contributed by atoms with Gasteiger partial charge in [-0.15, -0.1) is 6.58 Å². The molecule has 0 aliphatic rings. The van der Waals surface area contributed by atoms with E-state index in [1.807, 2.05) is 0 Å². The van der Waals surface area contributed by atoms with Gasteiger partial charge in [-0.3, -0.25) is 0 Å². The largest absolute Gasteiger partial charge is 0.409 e. The molecule has 16 heavy (non-hydrogen) atoms. The summed E-state index contributed by atoms with van der Waals surface area (Å²) in [6, 6.07) is 4.27. The van der Waals surface area contributed by atoms with Crippen molar-refractivity contribution in [2.24, 2.45) is 10.9 Å². The third kappa shape index (κ3) is 3.36. The summed E-state index contributed by atoms with van der Waals surface area (Å²) in [4.78, 5) is 0. The molecule has 0 radical (unpaired) electrons. The lowest BCUT2D eigenvalue weighted by atomic mass is 10.1. The summed E-state index contributed by atoms with van der Waals surface area (Å²) in [7, 11) is 0. The monoisotopic (exact) mass is 223 g/mol. The molecule has 0 fully saturated rings. The van der Waals surface area contributed by atoms with Crippen LogP contribution in [0.1, 0.15) is 11.1 Å². The normalized spacial score (nSPS) is 11.4. The van der Waals surface area contributed by atoms with E-state index in [-0.39, 0.29) is 5.84 Å². The van der Waals surface area contributed by atoms with E-state index in [0.717, 1.165) is 5.56 Å². The fourth-order valence-electron chi connectivity index (χ4n) is 1.28. The molecule has 0 amide bonds. The molecule has 0 bridgehead atoms. The van der Waals surface area contributed by atoms with Crippen molar-refractivity contribution in [3.8, 4) is 0 Å². The number of nitrogens with zero attached hydrogens (tertiary/aromatic N) is 1. The summed E-state index contributed by atoms with van der Waals surface area (Å²) in [5, 5.41) is 14.4. The lowest BCUT2D eigenvalue weighted by molar-refractivity contribution is 0.318. The maximum absolute atomic E-state index is 13.2. The third-order valence-electron chi connectivity index (χ3n) is 1.98. The number of hydrogen-bond donors (Lipinski definition) is 3. The van der Waals surface area contributed by atoms with E-state index in [2.05, 4.69) is 17.1 Å². The van der Waals surface area contributed by atoms with Gasteiger partial charge in [0.2, 0.25) is 0 Å². The second-order valence-electron chi connectivity index (χ2n) is 3.25. The van der Waals surface area contributed by atoms with Crippen molar-refractivity contribution in [1.29, 1.82) is 0 Å². The van der Waals surface area contributed by atoms with Crippen LogP contribution < -0.4 is 11.1 Å². The summed E-state index contributed by atoms with van der Waals surface area (Å²) in [6.45, 7) is 4.69. The molecule has 0 atom stereocenters. The van der Waals surface area contributed by atoms with Gasteiger partial charge < -0.3 is 16.3 Å². The zero-order valence-electron chi connectivity index (χ0n) is 8.78. The van der Waals surface area contributed by atoms with Crippen LogP contribution in [-0.2, 0) is 6.54 Å². The van der Waals surface area contributed by atoms with Gasteiger partial charge in [0.1, 0.15) is 5.82 Å². The summed E-state index contributed by atoms with van der Waals surface area (Å²) < 4.78 is 13.2. The Labute approximate surface area is 93.3 Å². The molecule has 1 aromatic carbocycles. The first-order chi connectivity index (χ1) is 7.67. The summed E-state index contributed by atoms with van der Waals surface area (Å²) in [6.07, 6.45) is 1.71.